The average Bonchev–Trinajstić information content (AvgIpc) is 2.87. The standard InChI is InChI=1S/C16H21BrN4OS/c1-23(2,3)8-7-22-12-21-15(11-18)10-14(20-21)9-13-5-4-6-19-16(13)17/h4-6,10H,7-9,12H2,1-3H3. The number of halogens is 1. The van der Waals surface area contributed by atoms with Crippen LogP contribution in [-0.4, -0.2) is 45.9 Å². The first-order chi connectivity index (χ1) is 10.9. The van der Waals surface area contributed by atoms with Crippen LogP contribution >= 0.6 is 26.0 Å². The van der Waals surface area contributed by atoms with Crippen LogP contribution in [0.1, 0.15) is 17.0 Å². The van der Waals surface area contributed by atoms with Crippen molar-refractivity contribution < 1.29 is 4.74 Å². The lowest BCUT2D eigenvalue weighted by molar-refractivity contribution is 0.0800. The van der Waals surface area contributed by atoms with Gasteiger partial charge in [-0.1, -0.05) is 6.07 Å². The summed E-state index contributed by atoms with van der Waals surface area (Å²) in [5, 5.41) is 13.7. The number of pyridine rings is 1. The number of rotatable bonds is 7. The minimum Gasteiger partial charge on any atom is -0.358 e. The van der Waals surface area contributed by atoms with Gasteiger partial charge in [0.15, 0.2) is 0 Å². The lowest BCUT2D eigenvalue weighted by Crippen LogP contribution is -2.12. The molecule has 0 saturated carbocycles. The summed E-state index contributed by atoms with van der Waals surface area (Å²) >= 11 is 3.43. The summed E-state index contributed by atoms with van der Waals surface area (Å²) in [5.41, 5.74) is 2.39. The molecule has 2 heterocycles. The highest BCUT2D eigenvalue weighted by molar-refractivity contribution is 9.10. The first-order valence-corrected chi connectivity index (χ1v) is 11.0. The van der Waals surface area contributed by atoms with E-state index in [4.69, 9.17) is 4.74 Å². The maximum Gasteiger partial charge on any atom is 0.141 e. The highest BCUT2D eigenvalue weighted by Gasteiger charge is 2.10. The normalized spacial score (nSPS) is 12.1. The Morgan fingerprint density at radius 1 is 1.39 bits per heavy atom. The van der Waals surface area contributed by atoms with Gasteiger partial charge in [-0.25, -0.2) is 19.7 Å². The van der Waals surface area contributed by atoms with Gasteiger partial charge in [-0.15, -0.1) is 0 Å². The zero-order valence-electron chi connectivity index (χ0n) is 13.6. The molecule has 0 aromatic carbocycles. The second-order valence-electron chi connectivity index (χ2n) is 6.09. The average molecular weight is 397 g/mol. The summed E-state index contributed by atoms with van der Waals surface area (Å²) < 4.78 is 8.10. The van der Waals surface area contributed by atoms with Crippen LogP contribution in [0.5, 0.6) is 0 Å². The maximum absolute atomic E-state index is 9.25. The summed E-state index contributed by atoms with van der Waals surface area (Å²) in [6.45, 7) is 1.000. The van der Waals surface area contributed by atoms with E-state index in [1.165, 1.54) is 0 Å². The van der Waals surface area contributed by atoms with Gasteiger partial charge >= 0.3 is 0 Å². The smallest absolute Gasteiger partial charge is 0.141 e. The van der Waals surface area contributed by atoms with E-state index in [0.29, 0.717) is 25.5 Å². The van der Waals surface area contributed by atoms with E-state index in [-0.39, 0.29) is 0 Å². The molecule has 0 fully saturated rings. The fourth-order valence-electron chi connectivity index (χ4n) is 1.95. The molecule has 124 valence electrons. The van der Waals surface area contributed by atoms with Gasteiger partial charge < -0.3 is 4.74 Å². The molecular formula is C16H21BrN4OS. The summed E-state index contributed by atoms with van der Waals surface area (Å²) in [6, 6.07) is 7.86. The van der Waals surface area contributed by atoms with Crippen molar-refractivity contribution >= 4 is 26.0 Å². The molecular weight excluding hydrogens is 376 g/mol. The van der Waals surface area contributed by atoms with Gasteiger partial charge in [-0.3, -0.25) is 0 Å². The highest BCUT2D eigenvalue weighted by Crippen LogP contribution is 2.33. The van der Waals surface area contributed by atoms with E-state index in [0.717, 1.165) is 21.6 Å². The van der Waals surface area contributed by atoms with E-state index in [2.05, 4.69) is 50.8 Å². The molecule has 0 saturated heterocycles. The van der Waals surface area contributed by atoms with Gasteiger partial charge in [-0.2, -0.15) is 10.4 Å². The zero-order chi connectivity index (χ0) is 16.9. The number of hydrogen-bond donors (Lipinski definition) is 0. The van der Waals surface area contributed by atoms with Crippen molar-refractivity contribution in [2.75, 3.05) is 31.1 Å². The van der Waals surface area contributed by atoms with Gasteiger partial charge in [0.25, 0.3) is 0 Å². The van der Waals surface area contributed by atoms with Gasteiger partial charge in [-0.05, 0) is 52.4 Å². The second kappa shape index (κ2) is 7.95. The third-order valence-corrected chi connectivity index (χ3v) is 5.31. The monoisotopic (exact) mass is 396 g/mol. The Bertz CT molecular complexity index is 703. The maximum atomic E-state index is 9.25. The minimum atomic E-state index is -0.566. The van der Waals surface area contributed by atoms with Crippen molar-refractivity contribution in [2.24, 2.45) is 0 Å². The lowest BCUT2D eigenvalue weighted by atomic mass is 10.1. The highest BCUT2D eigenvalue weighted by atomic mass is 79.9. The Kier molecular flexibility index (Phi) is 6.22. The van der Waals surface area contributed by atoms with Crippen LogP contribution in [0, 0.1) is 11.3 Å². The first kappa shape index (κ1) is 18.0. The molecule has 0 aliphatic rings. The largest absolute Gasteiger partial charge is 0.358 e. The molecule has 5 nitrogen and oxygen atoms in total. The van der Waals surface area contributed by atoms with Gasteiger partial charge in [0.1, 0.15) is 23.1 Å². The molecule has 7 heteroatoms. The van der Waals surface area contributed by atoms with Crippen LogP contribution < -0.4 is 0 Å². The van der Waals surface area contributed by atoms with Gasteiger partial charge in [0, 0.05) is 18.4 Å². The van der Waals surface area contributed by atoms with Crippen LogP contribution in [-0.2, 0) is 17.9 Å². The van der Waals surface area contributed by atoms with Crippen LogP contribution in [0.25, 0.3) is 0 Å². The molecule has 0 radical (unpaired) electrons. The van der Waals surface area contributed by atoms with Crippen molar-refractivity contribution in [3.63, 3.8) is 0 Å². The number of hydrogen-bond acceptors (Lipinski definition) is 4. The topological polar surface area (TPSA) is 63.7 Å². The number of aromatic nitrogens is 3. The quantitative estimate of drug-likeness (QED) is 0.532. The number of ether oxygens (including phenoxy) is 1. The van der Waals surface area contributed by atoms with Crippen molar-refractivity contribution in [3.05, 3.63) is 46.0 Å². The molecule has 0 unspecified atom stereocenters. The SMILES string of the molecule is CS(C)(C)CCOCn1nc(Cc2cccnc2Br)cc1C#N. The van der Waals surface area contributed by atoms with Crippen molar-refractivity contribution in [1.82, 2.24) is 14.8 Å². The Morgan fingerprint density at radius 2 is 2.17 bits per heavy atom. The Hall–Kier alpha value is -1.36. The summed E-state index contributed by atoms with van der Waals surface area (Å²) in [6.07, 6.45) is 9.14. The predicted octanol–water partition coefficient (Wildman–Crippen LogP) is 3.17. The molecule has 2 aromatic rings. The van der Waals surface area contributed by atoms with E-state index < -0.39 is 10.0 Å². The molecule has 0 atom stereocenters. The Labute approximate surface area is 147 Å². The molecule has 0 amide bonds. The Morgan fingerprint density at radius 3 is 2.83 bits per heavy atom. The fourth-order valence-corrected chi connectivity index (χ4v) is 2.96. The van der Waals surface area contributed by atoms with Crippen molar-refractivity contribution in [1.29, 1.82) is 5.26 Å². The van der Waals surface area contributed by atoms with Gasteiger partial charge in [0.05, 0.1) is 12.3 Å². The zero-order valence-corrected chi connectivity index (χ0v) is 16.0. The van der Waals surface area contributed by atoms with Crippen LogP contribution in [0.4, 0.5) is 0 Å². The molecule has 0 spiro atoms. The second-order valence-corrected chi connectivity index (χ2v) is 11.4. The number of nitrogens with zero attached hydrogens (tertiary/aromatic N) is 4. The summed E-state index contributed by atoms with van der Waals surface area (Å²) in [5.74, 6) is 1.05. The van der Waals surface area contributed by atoms with E-state index in [9.17, 15) is 5.26 Å². The predicted molar refractivity (Wildman–Crippen MR) is 97.9 cm³/mol. The van der Waals surface area contributed by atoms with Crippen LogP contribution in [0.15, 0.2) is 29.0 Å². The minimum absolute atomic E-state index is 0.312. The Balaban J connectivity index is 2.00. The first-order valence-electron chi connectivity index (χ1n) is 7.19. The molecule has 0 bridgehead atoms. The van der Waals surface area contributed by atoms with E-state index >= 15 is 0 Å². The summed E-state index contributed by atoms with van der Waals surface area (Å²) in [7, 11) is -0.566. The molecule has 2 aromatic heterocycles. The molecule has 0 aliphatic carbocycles. The third kappa shape index (κ3) is 5.65. The third-order valence-electron chi connectivity index (χ3n) is 3.21. The van der Waals surface area contributed by atoms with Crippen molar-refractivity contribution in [2.45, 2.75) is 13.2 Å². The fraction of sp³-hybridized carbons (Fsp3) is 0.438. The molecule has 0 N–H and O–H groups in total. The van der Waals surface area contributed by atoms with E-state index in [1.54, 1.807) is 16.9 Å². The summed E-state index contributed by atoms with van der Waals surface area (Å²) in [4.78, 5) is 4.20. The molecule has 23 heavy (non-hydrogen) atoms. The lowest BCUT2D eigenvalue weighted by Gasteiger charge is -2.24. The van der Waals surface area contributed by atoms with E-state index in [1.807, 2.05) is 12.1 Å². The molecule has 0 aliphatic heterocycles. The van der Waals surface area contributed by atoms with Crippen LogP contribution in [0.3, 0.4) is 0 Å². The van der Waals surface area contributed by atoms with Crippen LogP contribution in [0.2, 0.25) is 0 Å². The molecule has 2 rings (SSSR count). The van der Waals surface area contributed by atoms with Gasteiger partial charge in [0.2, 0.25) is 0 Å². The van der Waals surface area contributed by atoms with Crippen molar-refractivity contribution in [3.8, 4) is 6.07 Å². The number of nitriles is 1.